The van der Waals surface area contributed by atoms with E-state index in [-0.39, 0.29) is 18.0 Å². The van der Waals surface area contributed by atoms with Crippen molar-refractivity contribution in [2.45, 2.75) is 45.6 Å². The number of amides is 1. The van der Waals surface area contributed by atoms with Crippen LogP contribution in [0, 0.1) is 0 Å². The first-order chi connectivity index (χ1) is 11.7. The standard InChI is InChI=1S/C18H26F3N3O/c1-13(2)22-17(25)14(3)24-9-7-23(8-10-24)12-15-5-4-6-16(11-15)18(19,20)21/h4-6,11,13-14H,7-10,12H2,1-3H3,(H,22,25)/p+2/t14-/m0/s1. The first kappa shape index (κ1) is 19.7. The van der Waals surface area contributed by atoms with Crippen LogP contribution < -0.4 is 15.1 Å². The number of piperazine rings is 1. The Kier molecular flexibility index (Phi) is 6.46. The highest BCUT2D eigenvalue weighted by molar-refractivity contribution is 5.80. The molecular formula is C18H28F3N3O+2. The van der Waals surface area contributed by atoms with E-state index in [9.17, 15) is 18.0 Å². The second-order valence-corrected chi connectivity index (χ2v) is 7.17. The molecule has 1 heterocycles. The zero-order valence-corrected chi connectivity index (χ0v) is 15.0. The fraction of sp³-hybridized carbons (Fsp3) is 0.611. The minimum atomic E-state index is -4.30. The van der Waals surface area contributed by atoms with Gasteiger partial charge in [-0.15, -0.1) is 0 Å². The van der Waals surface area contributed by atoms with Crippen molar-refractivity contribution in [3.63, 3.8) is 0 Å². The van der Waals surface area contributed by atoms with E-state index in [2.05, 4.69) is 5.32 Å². The number of carbonyl (C=O) groups is 1. The Morgan fingerprint density at radius 1 is 1.16 bits per heavy atom. The molecule has 1 aliphatic heterocycles. The molecule has 2 rings (SSSR count). The van der Waals surface area contributed by atoms with Crippen molar-refractivity contribution >= 4 is 5.91 Å². The molecule has 25 heavy (non-hydrogen) atoms. The van der Waals surface area contributed by atoms with Crippen LogP contribution in [0.5, 0.6) is 0 Å². The topological polar surface area (TPSA) is 38.0 Å². The van der Waals surface area contributed by atoms with Crippen molar-refractivity contribution in [1.82, 2.24) is 5.32 Å². The number of benzene rings is 1. The lowest BCUT2D eigenvalue weighted by Crippen LogP contribution is -3.29. The molecule has 0 unspecified atom stereocenters. The third-order valence-electron chi connectivity index (χ3n) is 4.74. The van der Waals surface area contributed by atoms with Gasteiger partial charge in [0.25, 0.3) is 5.91 Å². The molecule has 0 aliphatic carbocycles. The van der Waals surface area contributed by atoms with Crippen LogP contribution in [-0.2, 0) is 17.5 Å². The van der Waals surface area contributed by atoms with Crippen molar-refractivity contribution < 1.29 is 27.8 Å². The van der Waals surface area contributed by atoms with Gasteiger partial charge in [0.05, 0.1) is 5.56 Å². The van der Waals surface area contributed by atoms with Crippen molar-refractivity contribution in [1.29, 1.82) is 0 Å². The molecule has 1 aromatic rings. The average Bonchev–Trinajstić information content (AvgIpc) is 2.54. The predicted octanol–water partition coefficient (Wildman–Crippen LogP) is -0.0981. The Balaban J connectivity index is 1.87. The van der Waals surface area contributed by atoms with Gasteiger partial charge < -0.3 is 15.1 Å². The normalized spacial score (nSPS) is 22.7. The highest BCUT2D eigenvalue weighted by atomic mass is 19.4. The molecule has 0 saturated carbocycles. The quantitative estimate of drug-likeness (QED) is 0.675. The minimum absolute atomic E-state index is 0.0614. The van der Waals surface area contributed by atoms with E-state index in [1.165, 1.54) is 21.9 Å². The maximum atomic E-state index is 12.8. The predicted molar refractivity (Wildman–Crippen MR) is 89.3 cm³/mol. The molecule has 1 aromatic carbocycles. The van der Waals surface area contributed by atoms with Crippen LogP contribution in [0.1, 0.15) is 31.9 Å². The Morgan fingerprint density at radius 2 is 1.80 bits per heavy atom. The van der Waals surface area contributed by atoms with Crippen LogP contribution in [0.3, 0.4) is 0 Å². The number of hydrogen-bond acceptors (Lipinski definition) is 1. The Morgan fingerprint density at radius 3 is 2.36 bits per heavy atom. The third kappa shape index (κ3) is 5.71. The number of alkyl halides is 3. The van der Waals surface area contributed by atoms with Gasteiger partial charge >= 0.3 is 6.18 Å². The molecule has 3 N–H and O–H groups in total. The lowest BCUT2D eigenvalue weighted by Gasteiger charge is -2.33. The number of carbonyl (C=O) groups excluding carboxylic acids is 1. The molecule has 1 fully saturated rings. The molecule has 0 radical (unpaired) electrons. The zero-order valence-electron chi connectivity index (χ0n) is 15.0. The Bertz CT molecular complexity index is 581. The summed E-state index contributed by atoms with van der Waals surface area (Å²) in [6.45, 7) is 9.81. The van der Waals surface area contributed by atoms with Crippen molar-refractivity contribution in [3.05, 3.63) is 35.4 Å². The third-order valence-corrected chi connectivity index (χ3v) is 4.74. The van der Waals surface area contributed by atoms with Crippen LogP contribution in [0.2, 0.25) is 0 Å². The van der Waals surface area contributed by atoms with E-state index in [0.29, 0.717) is 12.1 Å². The molecule has 0 spiro atoms. The maximum absolute atomic E-state index is 12.8. The Labute approximate surface area is 147 Å². The van der Waals surface area contributed by atoms with E-state index in [1.54, 1.807) is 6.07 Å². The molecule has 0 bridgehead atoms. The smallest absolute Gasteiger partial charge is 0.349 e. The van der Waals surface area contributed by atoms with Gasteiger partial charge in [0, 0.05) is 11.6 Å². The fourth-order valence-corrected chi connectivity index (χ4v) is 3.28. The maximum Gasteiger partial charge on any atom is 0.416 e. The first-order valence-corrected chi connectivity index (χ1v) is 8.81. The highest BCUT2D eigenvalue weighted by Gasteiger charge is 2.32. The molecule has 140 valence electrons. The van der Waals surface area contributed by atoms with Crippen molar-refractivity contribution in [2.75, 3.05) is 26.2 Å². The summed E-state index contributed by atoms with van der Waals surface area (Å²) in [7, 11) is 0. The highest BCUT2D eigenvalue weighted by Crippen LogP contribution is 2.29. The van der Waals surface area contributed by atoms with Crippen LogP contribution in [0.25, 0.3) is 0 Å². The summed E-state index contributed by atoms with van der Waals surface area (Å²) < 4.78 is 38.4. The second kappa shape index (κ2) is 8.19. The fourth-order valence-electron chi connectivity index (χ4n) is 3.28. The van der Waals surface area contributed by atoms with Crippen molar-refractivity contribution in [3.8, 4) is 0 Å². The van der Waals surface area contributed by atoms with Gasteiger partial charge in [-0.1, -0.05) is 12.1 Å². The largest absolute Gasteiger partial charge is 0.416 e. The lowest BCUT2D eigenvalue weighted by molar-refractivity contribution is -1.02. The number of hydrogen-bond donors (Lipinski definition) is 3. The molecule has 1 atom stereocenters. The summed E-state index contributed by atoms with van der Waals surface area (Å²) in [6.07, 6.45) is -4.30. The summed E-state index contributed by atoms with van der Waals surface area (Å²) in [5.74, 6) is 0.0614. The molecule has 4 nitrogen and oxygen atoms in total. The molecule has 1 saturated heterocycles. The van der Waals surface area contributed by atoms with Crippen LogP contribution in [-0.4, -0.2) is 44.2 Å². The van der Waals surface area contributed by atoms with Crippen LogP contribution >= 0.6 is 0 Å². The average molecular weight is 359 g/mol. The summed E-state index contributed by atoms with van der Waals surface area (Å²) in [5.41, 5.74) is 0.117. The van der Waals surface area contributed by atoms with Gasteiger partial charge in [0.15, 0.2) is 6.04 Å². The Hall–Kier alpha value is -1.60. The van der Waals surface area contributed by atoms with Crippen LogP contribution in [0.4, 0.5) is 13.2 Å². The number of rotatable bonds is 5. The minimum Gasteiger partial charge on any atom is -0.349 e. The summed E-state index contributed by atoms with van der Waals surface area (Å²) in [4.78, 5) is 14.6. The monoisotopic (exact) mass is 359 g/mol. The molecule has 1 aliphatic rings. The van der Waals surface area contributed by atoms with E-state index in [0.717, 1.165) is 32.2 Å². The van der Waals surface area contributed by atoms with E-state index < -0.39 is 11.7 Å². The molecule has 0 aromatic heterocycles. The van der Waals surface area contributed by atoms with Gasteiger partial charge in [0.2, 0.25) is 0 Å². The van der Waals surface area contributed by atoms with Gasteiger partial charge in [-0.2, -0.15) is 13.2 Å². The van der Waals surface area contributed by atoms with Crippen LogP contribution in [0.15, 0.2) is 24.3 Å². The first-order valence-electron chi connectivity index (χ1n) is 8.81. The van der Waals surface area contributed by atoms with Gasteiger partial charge in [-0.05, 0) is 32.9 Å². The summed E-state index contributed by atoms with van der Waals surface area (Å²) in [5, 5.41) is 2.94. The number of nitrogens with one attached hydrogen (secondary N) is 3. The zero-order chi connectivity index (χ0) is 18.6. The SMILES string of the molecule is CC(C)NC(=O)[C@H](C)[NH+]1CC[NH+](Cc2cccc(C(F)(F)F)c2)CC1. The van der Waals surface area contributed by atoms with E-state index in [4.69, 9.17) is 0 Å². The molecular weight excluding hydrogens is 331 g/mol. The lowest BCUT2D eigenvalue weighted by atomic mass is 10.1. The van der Waals surface area contributed by atoms with Gasteiger partial charge in [-0.25, -0.2) is 0 Å². The number of quaternary nitrogens is 2. The summed E-state index contributed by atoms with van der Waals surface area (Å²) >= 11 is 0. The molecule has 7 heteroatoms. The van der Waals surface area contributed by atoms with Gasteiger partial charge in [0.1, 0.15) is 32.7 Å². The number of halogens is 3. The second-order valence-electron chi connectivity index (χ2n) is 7.17. The summed E-state index contributed by atoms with van der Waals surface area (Å²) in [6, 6.07) is 5.60. The van der Waals surface area contributed by atoms with Crippen molar-refractivity contribution in [2.24, 2.45) is 0 Å². The molecule has 1 amide bonds. The van der Waals surface area contributed by atoms with Gasteiger partial charge in [-0.3, -0.25) is 4.79 Å². The van der Waals surface area contributed by atoms with E-state index >= 15 is 0 Å². The van der Waals surface area contributed by atoms with E-state index in [1.807, 2.05) is 20.8 Å².